The van der Waals surface area contributed by atoms with Crippen molar-refractivity contribution in [3.8, 4) is 5.75 Å². The number of benzene rings is 1. The molecule has 3 fully saturated rings. The minimum Gasteiger partial charge on any atom is -0.497 e. The van der Waals surface area contributed by atoms with Crippen LogP contribution in [0.3, 0.4) is 0 Å². The SMILES string of the molecule is COc1cccc(CCCNC2CC3CC2C2CCCC32)c1.Cl. The van der Waals surface area contributed by atoms with Gasteiger partial charge in [0.2, 0.25) is 0 Å². The molecule has 0 radical (unpaired) electrons. The molecule has 3 aliphatic carbocycles. The predicted molar refractivity (Wildman–Crippen MR) is 97.4 cm³/mol. The van der Waals surface area contributed by atoms with E-state index in [0.29, 0.717) is 0 Å². The fraction of sp³-hybridized carbons (Fsp3) is 0.700. The molecule has 3 aliphatic rings. The van der Waals surface area contributed by atoms with Crippen molar-refractivity contribution in [2.24, 2.45) is 23.7 Å². The van der Waals surface area contributed by atoms with Crippen molar-refractivity contribution < 1.29 is 4.74 Å². The summed E-state index contributed by atoms with van der Waals surface area (Å²) in [5.41, 5.74) is 1.39. The van der Waals surface area contributed by atoms with Gasteiger partial charge >= 0.3 is 0 Å². The van der Waals surface area contributed by atoms with E-state index in [1.54, 1.807) is 7.11 Å². The molecule has 0 amide bonds. The molecule has 0 aromatic heterocycles. The normalized spacial score (nSPS) is 34.2. The zero-order valence-corrected chi connectivity index (χ0v) is 15.0. The minimum atomic E-state index is 0. The summed E-state index contributed by atoms with van der Waals surface area (Å²) in [6.07, 6.45) is 9.94. The fourth-order valence-electron chi connectivity index (χ4n) is 5.71. The number of halogens is 1. The van der Waals surface area contributed by atoms with Crippen molar-refractivity contribution >= 4 is 12.4 Å². The standard InChI is InChI=1S/C20H29NO.ClH/c1-22-16-7-2-5-14(11-16)6-4-10-21-20-13-15-12-19(20)18-9-3-8-17(15)18;/h2,5,7,11,15,17-21H,3-4,6,8-10,12-13H2,1H3;1H. The number of rotatable bonds is 6. The van der Waals surface area contributed by atoms with Crippen LogP contribution in [0, 0.1) is 23.7 Å². The Morgan fingerprint density at radius 1 is 1.13 bits per heavy atom. The molecule has 1 aromatic rings. The Morgan fingerprint density at radius 2 is 2.00 bits per heavy atom. The molecule has 0 saturated heterocycles. The Morgan fingerprint density at radius 3 is 2.87 bits per heavy atom. The van der Waals surface area contributed by atoms with Crippen LogP contribution in [0.5, 0.6) is 5.75 Å². The van der Waals surface area contributed by atoms with Gasteiger partial charge in [-0.1, -0.05) is 18.6 Å². The molecular formula is C20H30ClNO. The summed E-state index contributed by atoms with van der Waals surface area (Å²) in [7, 11) is 1.74. The third-order valence-corrected chi connectivity index (χ3v) is 6.61. The molecular weight excluding hydrogens is 306 g/mol. The highest BCUT2D eigenvalue weighted by Gasteiger charge is 2.53. The highest BCUT2D eigenvalue weighted by atomic mass is 35.5. The van der Waals surface area contributed by atoms with Crippen molar-refractivity contribution in [2.75, 3.05) is 13.7 Å². The van der Waals surface area contributed by atoms with Gasteiger partial charge in [0, 0.05) is 6.04 Å². The monoisotopic (exact) mass is 335 g/mol. The van der Waals surface area contributed by atoms with Gasteiger partial charge in [-0.05, 0) is 86.4 Å². The van der Waals surface area contributed by atoms with Gasteiger partial charge in [-0.15, -0.1) is 12.4 Å². The first-order chi connectivity index (χ1) is 10.8. The Balaban J connectivity index is 0.00000156. The van der Waals surface area contributed by atoms with Gasteiger partial charge in [0.1, 0.15) is 5.75 Å². The minimum absolute atomic E-state index is 0. The molecule has 128 valence electrons. The van der Waals surface area contributed by atoms with Crippen molar-refractivity contribution in [3.05, 3.63) is 29.8 Å². The molecule has 0 aliphatic heterocycles. The van der Waals surface area contributed by atoms with E-state index >= 15 is 0 Å². The lowest BCUT2D eigenvalue weighted by molar-refractivity contribution is 0.209. The second-order valence-corrected chi connectivity index (χ2v) is 7.67. The highest BCUT2D eigenvalue weighted by Crippen LogP contribution is 2.58. The van der Waals surface area contributed by atoms with Crippen LogP contribution in [0.1, 0.15) is 44.1 Å². The molecule has 0 spiro atoms. The van der Waals surface area contributed by atoms with Crippen LogP contribution in [0.4, 0.5) is 0 Å². The van der Waals surface area contributed by atoms with Crippen LogP contribution in [-0.4, -0.2) is 19.7 Å². The highest BCUT2D eigenvalue weighted by molar-refractivity contribution is 5.85. The van der Waals surface area contributed by atoms with Crippen LogP contribution in [0.2, 0.25) is 0 Å². The first kappa shape index (κ1) is 17.1. The van der Waals surface area contributed by atoms with Crippen LogP contribution < -0.4 is 10.1 Å². The topological polar surface area (TPSA) is 21.3 Å². The summed E-state index contributed by atoms with van der Waals surface area (Å²) in [5, 5.41) is 3.89. The summed E-state index contributed by atoms with van der Waals surface area (Å²) in [6.45, 7) is 1.17. The summed E-state index contributed by atoms with van der Waals surface area (Å²) in [4.78, 5) is 0. The van der Waals surface area contributed by atoms with Gasteiger partial charge in [0.15, 0.2) is 0 Å². The molecule has 5 atom stereocenters. The molecule has 1 N–H and O–H groups in total. The third-order valence-electron chi connectivity index (χ3n) is 6.61. The fourth-order valence-corrected chi connectivity index (χ4v) is 5.71. The van der Waals surface area contributed by atoms with E-state index in [1.165, 1.54) is 50.6 Å². The molecule has 3 heteroatoms. The molecule has 1 aromatic carbocycles. The molecule has 0 heterocycles. The summed E-state index contributed by atoms with van der Waals surface area (Å²) in [5.74, 6) is 5.24. The van der Waals surface area contributed by atoms with Crippen LogP contribution in [0.15, 0.2) is 24.3 Å². The number of aryl methyl sites for hydroxylation is 1. The zero-order valence-electron chi connectivity index (χ0n) is 14.2. The van der Waals surface area contributed by atoms with E-state index in [4.69, 9.17) is 4.74 Å². The van der Waals surface area contributed by atoms with Crippen molar-refractivity contribution in [3.63, 3.8) is 0 Å². The quantitative estimate of drug-likeness (QED) is 0.775. The van der Waals surface area contributed by atoms with Gasteiger partial charge in [-0.25, -0.2) is 0 Å². The van der Waals surface area contributed by atoms with E-state index in [0.717, 1.165) is 41.9 Å². The van der Waals surface area contributed by atoms with Crippen molar-refractivity contribution in [1.29, 1.82) is 0 Å². The van der Waals surface area contributed by atoms with Crippen LogP contribution in [0.25, 0.3) is 0 Å². The maximum absolute atomic E-state index is 5.30. The lowest BCUT2D eigenvalue weighted by Gasteiger charge is -2.32. The van der Waals surface area contributed by atoms with Gasteiger partial charge < -0.3 is 10.1 Å². The second-order valence-electron chi connectivity index (χ2n) is 7.67. The van der Waals surface area contributed by atoms with Gasteiger partial charge in [0.05, 0.1) is 7.11 Å². The van der Waals surface area contributed by atoms with Crippen molar-refractivity contribution in [1.82, 2.24) is 5.32 Å². The number of ether oxygens (including phenoxy) is 1. The predicted octanol–water partition coefficient (Wildman–Crippen LogP) is 4.46. The Kier molecular flexibility index (Phi) is 5.53. The van der Waals surface area contributed by atoms with E-state index in [1.807, 2.05) is 6.07 Å². The maximum atomic E-state index is 5.30. The van der Waals surface area contributed by atoms with Crippen molar-refractivity contribution in [2.45, 2.75) is 51.0 Å². The van der Waals surface area contributed by atoms with Gasteiger partial charge in [-0.2, -0.15) is 0 Å². The molecule has 3 saturated carbocycles. The summed E-state index contributed by atoms with van der Waals surface area (Å²) >= 11 is 0. The average molecular weight is 336 g/mol. The number of nitrogens with one attached hydrogen (secondary N) is 1. The molecule has 2 bridgehead atoms. The number of hydrogen-bond donors (Lipinski definition) is 1. The Hall–Kier alpha value is -0.730. The number of hydrogen-bond acceptors (Lipinski definition) is 2. The smallest absolute Gasteiger partial charge is 0.119 e. The van der Waals surface area contributed by atoms with E-state index in [2.05, 4.69) is 23.5 Å². The summed E-state index contributed by atoms with van der Waals surface area (Å²) in [6, 6.07) is 9.33. The van der Waals surface area contributed by atoms with Gasteiger partial charge in [-0.3, -0.25) is 0 Å². The third kappa shape index (κ3) is 3.39. The first-order valence-electron chi connectivity index (χ1n) is 9.21. The summed E-state index contributed by atoms with van der Waals surface area (Å²) < 4.78 is 5.30. The van der Waals surface area contributed by atoms with Crippen LogP contribution in [-0.2, 0) is 6.42 Å². The van der Waals surface area contributed by atoms with E-state index < -0.39 is 0 Å². The van der Waals surface area contributed by atoms with E-state index in [9.17, 15) is 0 Å². The van der Waals surface area contributed by atoms with Crippen LogP contribution >= 0.6 is 12.4 Å². The average Bonchev–Trinajstić information content (AvgIpc) is 3.24. The van der Waals surface area contributed by atoms with Gasteiger partial charge in [0.25, 0.3) is 0 Å². The molecule has 5 unspecified atom stereocenters. The molecule has 2 nitrogen and oxygen atoms in total. The lowest BCUT2D eigenvalue weighted by Crippen LogP contribution is -2.39. The Bertz CT molecular complexity index is 520. The second kappa shape index (κ2) is 7.44. The zero-order chi connectivity index (χ0) is 14.9. The number of methoxy groups -OCH3 is 1. The maximum Gasteiger partial charge on any atom is 0.119 e. The largest absolute Gasteiger partial charge is 0.497 e. The lowest BCUT2D eigenvalue weighted by atomic mass is 9.79. The Labute approximate surface area is 146 Å². The molecule has 4 rings (SSSR count). The van der Waals surface area contributed by atoms with E-state index in [-0.39, 0.29) is 12.4 Å². The first-order valence-corrected chi connectivity index (χ1v) is 9.21. The number of fused-ring (bicyclic) bond motifs is 5. The molecule has 23 heavy (non-hydrogen) atoms.